The maximum Gasteiger partial charge on any atom is 0.127 e. The van der Waals surface area contributed by atoms with E-state index in [0.29, 0.717) is 0 Å². The van der Waals surface area contributed by atoms with Crippen LogP contribution in [0.4, 0.5) is 0 Å². The third-order valence-electron chi connectivity index (χ3n) is 4.01. The van der Waals surface area contributed by atoms with Gasteiger partial charge in [-0.05, 0) is 31.4 Å². The maximum absolute atomic E-state index is 5.39. The third kappa shape index (κ3) is 3.22. The second kappa shape index (κ2) is 6.06. The second-order valence-electron chi connectivity index (χ2n) is 5.18. The smallest absolute Gasteiger partial charge is 0.127 e. The van der Waals surface area contributed by atoms with Crippen LogP contribution in [0.25, 0.3) is 0 Å². The van der Waals surface area contributed by atoms with Crippen LogP contribution in [0, 0.1) is 5.92 Å². The van der Waals surface area contributed by atoms with Crippen molar-refractivity contribution < 1.29 is 10.1 Å². The van der Waals surface area contributed by atoms with Crippen molar-refractivity contribution in [3.05, 3.63) is 29.8 Å². The summed E-state index contributed by atoms with van der Waals surface area (Å²) >= 11 is 0. The molecule has 1 aromatic rings. The number of benzene rings is 1. The molecule has 1 aromatic carbocycles. The van der Waals surface area contributed by atoms with E-state index in [2.05, 4.69) is 24.4 Å². The Morgan fingerprint density at radius 1 is 1.24 bits per heavy atom. The van der Waals surface area contributed by atoms with Crippen molar-refractivity contribution >= 4 is 0 Å². The number of nitrogens with two attached hydrogens (primary N) is 1. The van der Waals surface area contributed by atoms with Gasteiger partial charge < -0.3 is 10.1 Å². The zero-order valence-electron chi connectivity index (χ0n) is 11.0. The second-order valence-corrected chi connectivity index (χ2v) is 5.18. The first-order valence-corrected chi connectivity index (χ1v) is 6.76. The molecule has 0 heterocycles. The van der Waals surface area contributed by atoms with E-state index in [-0.39, 0.29) is 0 Å². The molecule has 2 unspecified atom stereocenters. The van der Waals surface area contributed by atoms with Crippen LogP contribution in [0.5, 0.6) is 5.75 Å². The van der Waals surface area contributed by atoms with E-state index in [1.807, 2.05) is 12.1 Å². The minimum Gasteiger partial charge on any atom is -0.496 e. The third-order valence-corrected chi connectivity index (χ3v) is 4.01. The number of rotatable bonds is 4. The summed E-state index contributed by atoms with van der Waals surface area (Å²) in [6, 6.07) is 9.14. The maximum atomic E-state index is 5.39. The molecule has 2 nitrogen and oxygen atoms in total. The molecular formula is C15H24NO+. The monoisotopic (exact) mass is 234 g/mol. The average molecular weight is 234 g/mol. The highest BCUT2D eigenvalue weighted by molar-refractivity contribution is 5.32. The topological polar surface area (TPSA) is 25.8 Å². The highest BCUT2D eigenvalue weighted by Crippen LogP contribution is 2.22. The van der Waals surface area contributed by atoms with Crippen molar-refractivity contribution in [3.63, 3.8) is 0 Å². The Kier molecular flexibility index (Phi) is 4.43. The van der Waals surface area contributed by atoms with Crippen molar-refractivity contribution in [1.29, 1.82) is 0 Å². The molecule has 1 aliphatic rings. The molecule has 0 spiro atoms. The van der Waals surface area contributed by atoms with Gasteiger partial charge in [0.15, 0.2) is 0 Å². The lowest BCUT2D eigenvalue weighted by Gasteiger charge is -2.26. The fourth-order valence-corrected chi connectivity index (χ4v) is 2.85. The van der Waals surface area contributed by atoms with Crippen molar-refractivity contribution in [2.24, 2.45) is 5.92 Å². The van der Waals surface area contributed by atoms with Crippen molar-refractivity contribution in [3.8, 4) is 5.75 Å². The number of ether oxygens (including phenoxy) is 1. The predicted octanol–water partition coefficient (Wildman–Crippen LogP) is 2.34. The number of hydrogen-bond acceptors (Lipinski definition) is 1. The molecule has 0 aliphatic heterocycles. The van der Waals surface area contributed by atoms with E-state index in [1.165, 1.54) is 31.2 Å². The first kappa shape index (κ1) is 12.4. The van der Waals surface area contributed by atoms with Gasteiger partial charge in [0.1, 0.15) is 12.3 Å². The SMILES string of the molecule is COc1ccccc1C[NH2+]C1CCCCC1C. The zero-order valence-corrected chi connectivity index (χ0v) is 11.0. The van der Waals surface area contributed by atoms with E-state index < -0.39 is 0 Å². The van der Waals surface area contributed by atoms with Gasteiger partial charge in [-0.25, -0.2) is 0 Å². The van der Waals surface area contributed by atoms with Gasteiger partial charge in [-0.15, -0.1) is 0 Å². The highest BCUT2D eigenvalue weighted by Gasteiger charge is 2.24. The summed E-state index contributed by atoms with van der Waals surface area (Å²) in [5.74, 6) is 1.88. The predicted molar refractivity (Wildman–Crippen MR) is 70.0 cm³/mol. The van der Waals surface area contributed by atoms with Crippen LogP contribution in [0.2, 0.25) is 0 Å². The minimum atomic E-state index is 0.800. The molecule has 2 rings (SSSR count). The Morgan fingerprint density at radius 3 is 2.76 bits per heavy atom. The molecular weight excluding hydrogens is 210 g/mol. The molecule has 94 valence electrons. The van der Waals surface area contributed by atoms with Gasteiger partial charge in [0.2, 0.25) is 0 Å². The lowest BCUT2D eigenvalue weighted by molar-refractivity contribution is -0.712. The molecule has 2 heteroatoms. The molecule has 0 amide bonds. The fourth-order valence-electron chi connectivity index (χ4n) is 2.85. The van der Waals surface area contributed by atoms with E-state index in [9.17, 15) is 0 Å². The molecule has 0 saturated heterocycles. The van der Waals surface area contributed by atoms with Gasteiger partial charge in [-0.1, -0.05) is 25.5 Å². The van der Waals surface area contributed by atoms with Crippen molar-refractivity contribution in [2.45, 2.75) is 45.2 Å². The summed E-state index contributed by atoms with van der Waals surface area (Å²) in [4.78, 5) is 0. The van der Waals surface area contributed by atoms with E-state index >= 15 is 0 Å². The summed E-state index contributed by atoms with van der Waals surface area (Å²) in [6.45, 7) is 3.43. The number of methoxy groups -OCH3 is 1. The number of para-hydroxylation sites is 1. The largest absolute Gasteiger partial charge is 0.496 e. The molecule has 17 heavy (non-hydrogen) atoms. The molecule has 1 aliphatic carbocycles. The summed E-state index contributed by atoms with van der Waals surface area (Å²) < 4.78 is 5.39. The van der Waals surface area contributed by atoms with Crippen LogP contribution in [0.15, 0.2) is 24.3 Å². The van der Waals surface area contributed by atoms with Crippen LogP contribution >= 0.6 is 0 Å². The van der Waals surface area contributed by atoms with E-state index in [0.717, 1.165) is 24.3 Å². The first-order valence-electron chi connectivity index (χ1n) is 6.76. The van der Waals surface area contributed by atoms with Gasteiger partial charge in [0.05, 0.1) is 13.2 Å². The summed E-state index contributed by atoms with van der Waals surface area (Å²) in [6.07, 6.45) is 5.58. The number of hydrogen-bond donors (Lipinski definition) is 1. The van der Waals surface area contributed by atoms with Crippen molar-refractivity contribution in [1.82, 2.24) is 0 Å². The van der Waals surface area contributed by atoms with Crippen LogP contribution < -0.4 is 10.1 Å². The Balaban J connectivity index is 1.92. The van der Waals surface area contributed by atoms with Crippen molar-refractivity contribution in [2.75, 3.05) is 7.11 Å². The lowest BCUT2D eigenvalue weighted by atomic mass is 9.86. The van der Waals surface area contributed by atoms with Crippen LogP contribution in [0.3, 0.4) is 0 Å². The molecule has 2 N–H and O–H groups in total. The molecule has 0 radical (unpaired) electrons. The Labute approximate surface area is 104 Å². The molecule has 1 saturated carbocycles. The fraction of sp³-hybridized carbons (Fsp3) is 0.600. The van der Waals surface area contributed by atoms with Gasteiger partial charge in [0.25, 0.3) is 0 Å². The Bertz CT molecular complexity index is 351. The molecule has 2 atom stereocenters. The average Bonchev–Trinajstić information content (AvgIpc) is 2.38. The normalized spacial score (nSPS) is 24.6. The Hall–Kier alpha value is -1.02. The summed E-state index contributed by atoms with van der Waals surface area (Å²) in [5, 5.41) is 2.50. The zero-order chi connectivity index (χ0) is 12.1. The van der Waals surface area contributed by atoms with Gasteiger partial charge in [-0.3, -0.25) is 0 Å². The molecule has 1 fully saturated rings. The summed E-state index contributed by atoms with van der Waals surface area (Å²) in [5.41, 5.74) is 1.31. The standard InChI is InChI=1S/C15H23NO/c1-12-7-3-5-9-14(12)16-11-13-8-4-6-10-15(13)17-2/h4,6,8,10,12,14,16H,3,5,7,9,11H2,1-2H3/p+1. The summed E-state index contributed by atoms with van der Waals surface area (Å²) in [7, 11) is 1.75. The van der Waals surface area contributed by atoms with E-state index in [4.69, 9.17) is 4.74 Å². The number of quaternary nitrogens is 1. The first-order chi connectivity index (χ1) is 8.31. The van der Waals surface area contributed by atoms with Crippen LogP contribution in [-0.2, 0) is 6.54 Å². The van der Waals surface area contributed by atoms with Gasteiger partial charge in [0, 0.05) is 11.5 Å². The Morgan fingerprint density at radius 2 is 2.00 bits per heavy atom. The van der Waals surface area contributed by atoms with Gasteiger partial charge >= 0.3 is 0 Å². The van der Waals surface area contributed by atoms with E-state index in [1.54, 1.807) is 7.11 Å². The highest BCUT2D eigenvalue weighted by atomic mass is 16.5. The van der Waals surface area contributed by atoms with Gasteiger partial charge in [-0.2, -0.15) is 0 Å². The van der Waals surface area contributed by atoms with Crippen LogP contribution in [0.1, 0.15) is 38.2 Å². The quantitative estimate of drug-likeness (QED) is 0.850. The minimum absolute atomic E-state index is 0.800. The molecule has 0 bridgehead atoms. The molecule has 0 aromatic heterocycles. The van der Waals surface area contributed by atoms with Crippen LogP contribution in [-0.4, -0.2) is 13.2 Å². The lowest BCUT2D eigenvalue weighted by Crippen LogP contribution is -2.90.